The van der Waals surface area contributed by atoms with Crippen molar-refractivity contribution in [3.05, 3.63) is 47.0 Å². The monoisotopic (exact) mass is 284 g/mol. The third-order valence-electron chi connectivity index (χ3n) is 4.81. The van der Waals surface area contributed by atoms with Crippen LogP contribution in [0, 0.1) is 5.92 Å². The largest absolute Gasteiger partial charge is 0.373 e. The minimum Gasteiger partial charge on any atom is -0.373 e. The van der Waals surface area contributed by atoms with Crippen molar-refractivity contribution in [3.63, 3.8) is 0 Å². The van der Waals surface area contributed by atoms with Crippen LogP contribution in [0.5, 0.6) is 0 Å². The zero-order valence-corrected chi connectivity index (χ0v) is 12.8. The molecule has 0 saturated heterocycles. The summed E-state index contributed by atoms with van der Waals surface area (Å²) in [5, 5.41) is 0. The van der Waals surface area contributed by atoms with Crippen molar-refractivity contribution in [2.75, 3.05) is 0 Å². The van der Waals surface area contributed by atoms with Crippen molar-refractivity contribution < 1.29 is 9.53 Å². The van der Waals surface area contributed by atoms with Crippen LogP contribution in [0.4, 0.5) is 0 Å². The van der Waals surface area contributed by atoms with Gasteiger partial charge in [-0.15, -0.1) is 0 Å². The Morgan fingerprint density at radius 2 is 2.05 bits per heavy atom. The third kappa shape index (κ3) is 3.11. The van der Waals surface area contributed by atoms with E-state index in [9.17, 15) is 4.79 Å². The third-order valence-corrected chi connectivity index (χ3v) is 4.81. The number of carbonyl (C=O) groups is 1. The molecule has 2 heteroatoms. The fourth-order valence-corrected chi connectivity index (χ4v) is 3.67. The van der Waals surface area contributed by atoms with Crippen LogP contribution >= 0.6 is 0 Å². The highest BCUT2D eigenvalue weighted by Crippen LogP contribution is 2.44. The standard InChI is InChI=1S/C19H24O2/c1-2-3-9-16-15-10-11-19(17(15)12-18(16)20)21-13-14-7-5-4-6-8-14/h4-8,17,19H,2-3,9-13H2,1H3/t17-,19-/m0/s1. The van der Waals surface area contributed by atoms with E-state index in [1.54, 1.807) is 0 Å². The maximum atomic E-state index is 12.2. The Morgan fingerprint density at radius 1 is 1.24 bits per heavy atom. The molecule has 21 heavy (non-hydrogen) atoms. The van der Waals surface area contributed by atoms with E-state index in [4.69, 9.17) is 4.74 Å². The summed E-state index contributed by atoms with van der Waals surface area (Å²) >= 11 is 0. The number of hydrogen-bond donors (Lipinski definition) is 0. The molecule has 0 aliphatic heterocycles. The van der Waals surface area contributed by atoms with Gasteiger partial charge in [0.05, 0.1) is 12.7 Å². The van der Waals surface area contributed by atoms with E-state index in [1.165, 1.54) is 11.1 Å². The van der Waals surface area contributed by atoms with Crippen LogP contribution in [-0.4, -0.2) is 11.9 Å². The van der Waals surface area contributed by atoms with Gasteiger partial charge in [0, 0.05) is 12.3 Å². The van der Waals surface area contributed by atoms with Crippen LogP contribution in [0.3, 0.4) is 0 Å². The molecule has 3 rings (SSSR count). The number of ketones is 1. The van der Waals surface area contributed by atoms with Crippen molar-refractivity contribution in [3.8, 4) is 0 Å². The van der Waals surface area contributed by atoms with E-state index in [1.807, 2.05) is 18.2 Å². The highest BCUT2D eigenvalue weighted by atomic mass is 16.5. The van der Waals surface area contributed by atoms with Crippen molar-refractivity contribution >= 4 is 5.78 Å². The quantitative estimate of drug-likeness (QED) is 0.772. The van der Waals surface area contributed by atoms with Crippen LogP contribution < -0.4 is 0 Å². The molecule has 0 spiro atoms. The topological polar surface area (TPSA) is 26.3 Å². The molecule has 0 heterocycles. The Hall–Kier alpha value is -1.41. The summed E-state index contributed by atoms with van der Waals surface area (Å²) in [6.07, 6.45) is 6.34. The molecule has 0 unspecified atom stereocenters. The zero-order chi connectivity index (χ0) is 14.7. The first-order chi connectivity index (χ1) is 10.3. The average molecular weight is 284 g/mol. The van der Waals surface area contributed by atoms with E-state index in [0.29, 0.717) is 24.7 Å². The molecule has 1 aromatic carbocycles. The van der Waals surface area contributed by atoms with Gasteiger partial charge in [-0.25, -0.2) is 0 Å². The molecule has 2 aliphatic carbocycles. The Balaban J connectivity index is 1.63. The summed E-state index contributed by atoms with van der Waals surface area (Å²) < 4.78 is 6.12. The van der Waals surface area contributed by atoms with Gasteiger partial charge in [-0.1, -0.05) is 49.2 Å². The number of hydrogen-bond acceptors (Lipinski definition) is 2. The van der Waals surface area contributed by atoms with Crippen LogP contribution in [0.2, 0.25) is 0 Å². The lowest BCUT2D eigenvalue weighted by molar-refractivity contribution is -0.116. The molecule has 2 nitrogen and oxygen atoms in total. The molecule has 0 radical (unpaired) electrons. The lowest BCUT2D eigenvalue weighted by Gasteiger charge is -2.17. The smallest absolute Gasteiger partial charge is 0.159 e. The number of fused-ring (bicyclic) bond motifs is 1. The zero-order valence-electron chi connectivity index (χ0n) is 12.8. The van der Waals surface area contributed by atoms with E-state index in [2.05, 4.69) is 19.1 Å². The molecule has 1 aromatic rings. The van der Waals surface area contributed by atoms with Crippen LogP contribution in [0.1, 0.15) is 51.0 Å². The highest BCUT2D eigenvalue weighted by molar-refractivity contribution is 5.99. The summed E-state index contributed by atoms with van der Waals surface area (Å²) in [4.78, 5) is 12.2. The number of ether oxygens (including phenoxy) is 1. The van der Waals surface area contributed by atoms with Gasteiger partial charge in [-0.2, -0.15) is 0 Å². The van der Waals surface area contributed by atoms with Gasteiger partial charge in [0.1, 0.15) is 0 Å². The van der Waals surface area contributed by atoms with E-state index < -0.39 is 0 Å². The minimum atomic E-state index is 0.239. The molecular weight excluding hydrogens is 260 g/mol. The van der Waals surface area contributed by atoms with E-state index in [-0.39, 0.29) is 6.10 Å². The van der Waals surface area contributed by atoms with Crippen molar-refractivity contribution in [2.24, 2.45) is 5.92 Å². The van der Waals surface area contributed by atoms with Gasteiger partial charge in [0.15, 0.2) is 5.78 Å². The molecule has 1 fully saturated rings. The second-order valence-electron chi connectivity index (χ2n) is 6.21. The van der Waals surface area contributed by atoms with E-state index >= 15 is 0 Å². The lowest BCUT2D eigenvalue weighted by atomic mass is 10.0. The number of benzene rings is 1. The first-order valence-corrected chi connectivity index (χ1v) is 8.20. The summed E-state index contributed by atoms with van der Waals surface area (Å²) in [5.41, 5.74) is 3.78. The van der Waals surface area contributed by atoms with Gasteiger partial charge in [-0.3, -0.25) is 4.79 Å². The maximum Gasteiger partial charge on any atom is 0.159 e. The SMILES string of the molecule is CCCCC1=C2CC[C@H](OCc3ccccc3)[C@H]2CC1=O. The Kier molecular flexibility index (Phi) is 4.54. The Morgan fingerprint density at radius 3 is 2.81 bits per heavy atom. The number of Topliss-reactive ketones (excluding diaryl/α,β-unsaturated/α-hetero) is 1. The van der Waals surface area contributed by atoms with Gasteiger partial charge < -0.3 is 4.74 Å². The molecular formula is C19H24O2. The molecule has 1 saturated carbocycles. The predicted molar refractivity (Wildman–Crippen MR) is 83.9 cm³/mol. The van der Waals surface area contributed by atoms with Gasteiger partial charge in [-0.05, 0) is 36.8 Å². The maximum absolute atomic E-state index is 12.2. The van der Waals surface area contributed by atoms with Crippen LogP contribution in [0.15, 0.2) is 41.5 Å². The second-order valence-corrected chi connectivity index (χ2v) is 6.21. The first-order valence-electron chi connectivity index (χ1n) is 8.20. The van der Waals surface area contributed by atoms with E-state index in [0.717, 1.165) is 37.7 Å². The van der Waals surface area contributed by atoms with Gasteiger partial charge >= 0.3 is 0 Å². The molecule has 0 amide bonds. The molecule has 112 valence electrons. The summed E-state index contributed by atoms with van der Waals surface area (Å²) in [6, 6.07) is 10.3. The van der Waals surface area contributed by atoms with Gasteiger partial charge in [0.25, 0.3) is 0 Å². The fourth-order valence-electron chi connectivity index (χ4n) is 3.67. The number of allylic oxidation sites excluding steroid dienone is 1. The van der Waals surface area contributed by atoms with Crippen molar-refractivity contribution in [1.82, 2.24) is 0 Å². The molecule has 2 atom stereocenters. The summed E-state index contributed by atoms with van der Waals surface area (Å²) in [7, 11) is 0. The van der Waals surface area contributed by atoms with Crippen LogP contribution in [0.25, 0.3) is 0 Å². The number of carbonyl (C=O) groups excluding carboxylic acids is 1. The molecule has 0 N–H and O–H groups in total. The average Bonchev–Trinajstić information content (AvgIpc) is 3.03. The molecule has 2 aliphatic rings. The molecule has 0 bridgehead atoms. The predicted octanol–water partition coefficient (Wildman–Crippen LogP) is 4.44. The molecule has 0 aromatic heterocycles. The van der Waals surface area contributed by atoms with Gasteiger partial charge in [0.2, 0.25) is 0 Å². The second kappa shape index (κ2) is 6.57. The Bertz CT molecular complexity index is 530. The Labute approximate surface area is 127 Å². The van der Waals surface area contributed by atoms with Crippen LogP contribution in [-0.2, 0) is 16.1 Å². The summed E-state index contributed by atoms with van der Waals surface area (Å²) in [6.45, 7) is 2.84. The first kappa shape index (κ1) is 14.5. The number of unbranched alkanes of at least 4 members (excludes halogenated alkanes) is 1. The van der Waals surface area contributed by atoms with Crippen molar-refractivity contribution in [2.45, 2.75) is 58.2 Å². The number of rotatable bonds is 6. The summed E-state index contributed by atoms with van der Waals surface area (Å²) in [5.74, 6) is 0.754. The fraction of sp³-hybridized carbons (Fsp3) is 0.526. The lowest BCUT2D eigenvalue weighted by Crippen LogP contribution is -2.18. The normalized spacial score (nSPS) is 24.7. The van der Waals surface area contributed by atoms with Crippen molar-refractivity contribution in [1.29, 1.82) is 0 Å². The highest BCUT2D eigenvalue weighted by Gasteiger charge is 2.41. The minimum absolute atomic E-state index is 0.239.